The van der Waals surface area contributed by atoms with Crippen LogP contribution in [0.4, 0.5) is 16.2 Å². The Balaban J connectivity index is 0.00000924. The minimum Gasteiger partial charge on any atom is -1.00 e. The van der Waals surface area contributed by atoms with E-state index in [2.05, 4.69) is 11.9 Å². The number of halogens is 1. The molecule has 12 heteroatoms. The van der Waals surface area contributed by atoms with Crippen LogP contribution in [0.25, 0.3) is 0 Å². The summed E-state index contributed by atoms with van der Waals surface area (Å²) >= 11 is 0. The van der Waals surface area contributed by atoms with Gasteiger partial charge < -0.3 is 58.3 Å². The highest BCUT2D eigenvalue weighted by molar-refractivity contribution is 6.04. The number of anilines is 1. The number of aliphatic hydroxyl groups excluding tert-OH is 1. The smallest absolute Gasteiger partial charge is 0.405 e. The van der Waals surface area contributed by atoms with Gasteiger partial charge >= 0.3 is 6.09 Å². The zero-order valence-electron chi connectivity index (χ0n) is 25.7. The molecule has 0 aliphatic carbocycles. The molecule has 2 amide bonds. The molecule has 1 aromatic carbocycles. The van der Waals surface area contributed by atoms with E-state index in [-0.39, 0.29) is 35.5 Å². The van der Waals surface area contributed by atoms with Gasteiger partial charge in [0.15, 0.2) is 17.5 Å². The van der Waals surface area contributed by atoms with E-state index in [0.717, 1.165) is 0 Å². The first-order valence-corrected chi connectivity index (χ1v) is 13.9. The summed E-state index contributed by atoms with van der Waals surface area (Å²) in [6.45, 7) is 11.3. The first kappa shape index (κ1) is 37.7. The van der Waals surface area contributed by atoms with Gasteiger partial charge in [-0.15, -0.1) is 0 Å². The monoisotopic (exact) mass is 623 g/mol. The molecule has 43 heavy (non-hydrogen) atoms. The number of primary amides is 1. The van der Waals surface area contributed by atoms with Gasteiger partial charge in [-0.1, -0.05) is 44.7 Å². The molecule has 1 aliphatic rings. The van der Waals surface area contributed by atoms with Gasteiger partial charge in [0.1, 0.15) is 11.9 Å². The van der Waals surface area contributed by atoms with Crippen molar-refractivity contribution in [1.82, 2.24) is 0 Å². The number of aromatic hydroxyl groups is 2. The number of hydrogen-bond acceptors (Lipinski definition) is 8. The number of aliphatic hydroxyl groups is 1. The van der Waals surface area contributed by atoms with Gasteiger partial charge in [0.05, 0.1) is 30.0 Å². The Morgan fingerprint density at radius 2 is 1.91 bits per heavy atom. The van der Waals surface area contributed by atoms with Gasteiger partial charge in [0.25, 0.3) is 5.91 Å². The van der Waals surface area contributed by atoms with Gasteiger partial charge in [-0.05, 0) is 44.3 Å². The quantitative estimate of drug-likeness (QED) is 0.110. The van der Waals surface area contributed by atoms with Crippen LogP contribution >= 0.6 is 0 Å². The molecule has 0 unspecified atom stereocenters. The lowest BCUT2D eigenvalue weighted by Gasteiger charge is -2.29. The number of phenols is 2. The van der Waals surface area contributed by atoms with Crippen molar-refractivity contribution in [2.24, 2.45) is 17.6 Å². The molecule has 11 nitrogen and oxygen atoms in total. The van der Waals surface area contributed by atoms with Crippen LogP contribution in [0.1, 0.15) is 39.7 Å². The second kappa shape index (κ2) is 17.7. The number of benzene rings is 1. The summed E-state index contributed by atoms with van der Waals surface area (Å²) in [5.74, 6) is -1.28. The molecule has 0 aromatic heterocycles. The Bertz CT molecular complexity index is 1220. The van der Waals surface area contributed by atoms with Crippen LogP contribution in [0, 0.1) is 11.8 Å². The fourth-order valence-corrected chi connectivity index (χ4v) is 5.06. The summed E-state index contributed by atoms with van der Waals surface area (Å²) in [7, 11) is 2.96. The lowest BCUT2D eigenvalue weighted by molar-refractivity contribution is -0.562. The summed E-state index contributed by atoms with van der Waals surface area (Å²) in [4.78, 5) is 24.7. The lowest BCUT2D eigenvalue weighted by atomic mass is 9.87. The highest BCUT2D eigenvalue weighted by atomic mass is 35.5. The molecule has 0 saturated carbocycles. The molecule has 1 aliphatic heterocycles. The average Bonchev–Trinajstić information content (AvgIpc) is 2.94. The summed E-state index contributed by atoms with van der Waals surface area (Å²) in [6, 6.07) is 1.31. The summed E-state index contributed by atoms with van der Waals surface area (Å²) in [6.07, 6.45) is 4.79. The van der Waals surface area contributed by atoms with E-state index in [0.29, 0.717) is 41.8 Å². The van der Waals surface area contributed by atoms with Gasteiger partial charge in [-0.2, -0.15) is 0 Å². The molecule has 2 bridgehead atoms. The van der Waals surface area contributed by atoms with E-state index in [1.807, 2.05) is 13.8 Å². The predicted molar refractivity (Wildman–Crippen MR) is 160 cm³/mol. The molecule has 0 spiro atoms. The highest BCUT2D eigenvalue weighted by Crippen LogP contribution is 2.40. The Morgan fingerprint density at radius 1 is 1.23 bits per heavy atom. The number of ether oxygens (including phenoxy) is 3. The zero-order valence-corrected chi connectivity index (χ0v) is 26.4. The fraction of sp³-hybridized carbons (Fsp3) is 0.484. The minimum absolute atomic E-state index is 0. The number of phenolic OH excluding ortho intramolecular Hbond substituents is 2. The average molecular weight is 624 g/mol. The number of methoxy groups -OCH3 is 2. The summed E-state index contributed by atoms with van der Waals surface area (Å²) < 4.78 is 16.6. The molecule has 0 saturated heterocycles. The first-order chi connectivity index (χ1) is 19.8. The molecule has 6 atom stereocenters. The highest BCUT2D eigenvalue weighted by Gasteiger charge is 2.30. The minimum atomic E-state index is -0.987. The van der Waals surface area contributed by atoms with Crippen molar-refractivity contribution in [3.63, 3.8) is 0 Å². The maximum absolute atomic E-state index is 13.0. The Kier molecular flexibility index (Phi) is 15.5. The number of fused-ring (bicyclic) bond motifs is 2. The molecule has 8 N–H and O–H groups in total. The van der Waals surface area contributed by atoms with Crippen LogP contribution in [0.2, 0.25) is 0 Å². The maximum Gasteiger partial charge on any atom is 0.405 e. The zero-order chi connectivity index (χ0) is 31.6. The topological polar surface area (TPSA) is 177 Å². The number of carbonyl (C=O) groups excluding carboxylic acids is 2. The van der Waals surface area contributed by atoms with Crippen LogP contribution in [0.15, 0.2) is 54.2 Å². The summed E-state index contributed by atoms with van der Waals surface area (Å²) in [5, 5.41) is 37.8. The Hall–Kier alpha value is -3.35. The van der Waals surface area contributed by atoms with E-state index in [9.17, 15) is 24.9 Å². The van der Waals surface area contributed by atoms with Gasteiger partial charge in [0.2, 0.25) is 0 Å². The third-order valence-corrected chi connectivity index (χ3v) is 7.36. The maximum atomic E-state index is 13.0. The van der Waals surface area contributed by atoms with Gasteiger partial charge in [0, 0.05) is 31.8 Å². The molecule has 1 aromatic rings. The van der Waals surface area contributed by atoms with Crippen molar-refractivity contribution in [2.75, 3.05) is 26.1 Å². The van der Waals surface area contributed by atoms with E-state index in [1.165, 1.54) is 26.4 Å². The van der Waals surface area contributed by atoms with Crippen molar-refractivity contribution in [2.45, 2.75) is 65.0 Å². The van der Waals surface area contributed by atoms with Crippen LogP contribution < -0.4 is 28.8 Å². The largest absolute Gasteiger partial charge is 1.00 e. The normalized spacial score (nSPS) is 28.7. The molecule has 240 valence electrons. The van der Waals surface area contributed by atoms with Crippen LogP contribution in [0.5, 0.6) is 11.5 Å². The van der Waals surface area contributed by atoms with Crippen molar-refractivity contribution >= 4 is 23.4 Å². The number of quaternary nitrogens is 1. The third-order valence-electron chi connectivity index (χ3n) is 7.36. The van der Waals surface area contributed by atoms with Crippen LogP contribution in [0.3, 0.4) is 0 Å². The number of amides is 2. The van der Waals surface area contributed by atoms with Crippen LogP contribution in [-0.4, -0.2) is 72.5 Å². The van der Waals surface area contributed by atoms with E-state index >= 15 is 0 Å². The Labute approximate surface area is 259 Å². The Morgan fingerprint density at radius 3 is 2.49 bits per heavy atom. The molecule has 0 fully saturated rings. The first-order valence-electron chi connectivity index (χ1n) is 13.9. The number of nitrogens with one attached hydrogen (secondary N) is 1. The van der Waals surface area contributed by atoms with Gasteiger partial charge in [-0.3, -0.25) is 4.79 Å². The fourth-order valence-electron chi connectivity index (χ4n) is 5.06. The van der Waals surface area contributed by atoms with E-state index in [4.69, 9.17) is 19.9 Å². The van der Waals surface area contributed by atoms with E-state index < -0.39 is 42.3 Å². The van der Waals surface area contributed by atoms with Crippen molar-refractivity contribution in [1.29, 1.82) is 0 Å². The molecular formula is C31H46ClN3O8. The molecule has 0 radical (unpaired) electrons. The van der Waals surface area contributed by atoms with Crippen LogP contribution in [-0.2, 0) is 25.4 Å². The van der Waals surface area contributed by atoms with Gasteiger partial charge in [-0.25, -0.2) is 4.79 Å². The summed E-state index contributed by atoms with van der Waals surface area (Å²) in [5.41, 5.74) is 7.23. The predicted octanol–water partition coefficient (Wildman–Crippen LogP) is -0.0568. The SMILES string of the molecule is C=CC[NH2+]c1c(O)cc2c(O)c1C[C@@H](C)C[C@H](OC)[C@H](O)[C@@H](C)/C=C(\C)[C@H](OC(N)=O)[C@@H](OC)/C=C\C=C(/C)C(=O)N2.[Cl-]. The molecule has 2 rings (SSSR count). The van der Waals surface area contributed by atoms with E-state index in [1.54, 1.807) is 43.5 Å². The molecule has 1 heterocycles. The number of nitrogens with two attached hydrogens (primary N) is 2. The number of hydrogen-bond donors (Lipinski definition) is 6. The van der Waals surface area contributed by atoms with Crippen molar-refractivity contribution in [3.8, 4) is 11.5 Å². The molecular weight excluding hydrogens is 578 g/mol. The van der Waals surface area contributed by atoms with Crippen molar-refractivity contribution in [3.05, 3.63) is 59.7 Å². The standard InChI is InChI=1S/C31H45N3O8.ClH/c1-8-12-33-26-21-13-17(2)14-25(41-7)27(36)19(4)15-20(5)29(42-31(32)39)24(40-6)11-9-10-18(3)30(38)34-22(28(21)37)16-23(26)35;/h8-11,15-17,19,24-25,27,29,33,35-37H,1,12-14H2,2-7H3,(H2,32,39)(H,34,38);1H/b11-9-,18-10+,20-15+;/t17-,19+,24+,25+,27-,29+;/m1./s1. The number of rotatable bonds is 6. The second-order valence-electron chi connectivity index (χ2n) is 10.7. The number of carbonyl (C=O) groups is 2. The van der Waals surface area contributed by atoms with Crippen molar-refractivity contribution < 1.29 is 56.8 Å². The number of allylic oxidation sites excluding steroid dienone is 2. The second-order valence-corrected chi connectivity index (χ2v) is 10.7. The third kappa shape index (κ3) is 10.4. The lowest BCUT2D eigenvalue weighted by Crippen LogP contribution is -3.00.